The largest absolute Gasteiger partial charge is 0.458 e. The number of nitrogens with one attached hydrogen (secondary N) is 1. The van der Waals surface area contributed by atoms with E-state index in [1.807, 2.05) is 0 Å². The summed E-state index contributed by atoms with van der Waals surface area (Å²) in [6.45, 7) is 12.0. The first-order valence-electron chi connectivity index (χ1n) is 11.2. The maximum absolute atomic E-state index is 12.9. The SMILES string of the molecule is CC(C)(C)CNC(=O)[C@H]1C[C@H]2[C@@H]3CC[C@H]4OC(=O)C=C[C@]4(C)[C@H]3CC[C@]2(C)C1. The second-order valence-corrected chi connectivity index (χ2v) is 11.7. The summed E-state index contributed by atoms with van der Waals surface area (Å²) in [5.41, 5.74) is 0.363. The van der Waals surface area contributed by atoms with Crippen LogP contribution < -0.4 is 5.32 Å². The van der Waals surface area contributed by atoms with Gasteiger partial charge in [0, 0.05) is 24.0 Å². The second kappa shape index (κ2) is 6.60. The van der Waals surface area contributed by atoms with Crippen LogP contribution in [-0.2, 0) is 14.3 Å². The molecule has 0 bridgehead atoms. The van der Waals surface area contributed by atoms with E-state index in [4.69, 9.17) is 4.74 Å². The van der Waals surface area contributed by atoms with Crippen LogP contribution in [0.5, 0.6) is 0 Å². The lowest BCUT2D eigenvalue weighted by Gasteiger charge is -2.57. The lowest BCUT2D eigenvalue weighted by atomic mass is 9.49. The van der Waals surface area contributed by atoms with Gasteiger partial charge in [-0.3, -0.25) is 4.79 Å². The molecule has 0 unspecified atom stereocenters. The first-order chi connectivity index (χ1) is 13.0. The summed E-state index contributed by atoms with van der Waals surface area (Å²) in [6.07, 6.45) is 10.3. The molecule has 1 aliphatic heterocycles. The van der Waals surface area contributed by atoms with Gasteiger partial charge in [0.2, 0.25) is 5.91 Å². The third kappa shape index (κ3) is 3.31. The monoisotopic (exact) mass is 387 g/mol. The van der Waals surface area contributed by atoms with Crippen molar-refractivity contribution in [1.29, 1.82) is 0 Å². The molecule has 1 N–H and O–H groups in total. The lowest BCUT2D eigenvalue weighted by molar-refractivity contribution is -0.166. The van der Waals surface area contributed by atoms with E-state index >= 15 is 0 Å². The van der Waals surface area contributed by atoms with Crippen molar-refractivity contribution in [2.24, 2.45) is 39.9 Å². The second-order valence-electron chi connectivity index (χ2n) is 11.7. The van der Waals surface area contributed by atoms with Gasteiger partial charge in [-0.25, -0.2) is 4.79 Å². The average Bonchev–Trinajstić information content (AvgIpc) is 2.97. The lowest BCUT2D eigenvalue weighted by Crippen LogP contribution is -2.54. The molecule has 4 heteroatoms. The molecule has 7 atom stereocenters. The van der Waals surface area contributed by atoms with Gasteiger partial charge in [-0.1, -0.05) is 40.7 Å². The predicted molar refractivity (Wildman–Crippen MR) is 109 cm³/mol. The average molecular weight is 388 g/mol. The molecule has 28 heavy (non-hydrogen) atoms. The van der Waals surface area contributed by atoms with Crippen LogP contribution in [0.3, 0.4) is 0 Å². The number of amides is 1. The molecule has 4 rings (SSSR count). The van der Waals surface area contributed by atoms with Gasteiger partial charge in [0.25, 0.3) is 0 Å². The number of ether oxygens (including phenoxy) is 1. The maximum atomic E-state index is 12.9. The third-order valence-electron chi connectivity index (χ3n) is 8.46. The van der Waals surface area contributed by atoms with E-state index in [1.54, 1.807) is 6.08 Å². The van der Waals surface area contributed by atoms with Crippen molar-refractivity contribution in [3.8, 4) is 0 Å². The zero-order valence-corrected chi connectivity index (χ0v) is 18.2. The Morgan fingerprint density at radius 2 is 1.96 bits per heavy atom. The Bertz CT molecular complexity index is 692. The quantitative estimate of drug-likeness (QED) is 0.710. The van der Waals surface area contributed by atoms with Crippen LogP contribution in [-0.4, -0.2) is 24.5 Å². The molecule has 4 nitrogen and oxygen atoms in total. The van der Waals surface area contributed by atoms with E-state index in [1.165, 1.54) is 12.8 Å². The van der Waals surface area contributed by atoms with Crippen LogP contribution in [0.2, 0.25) is 0 Å². The maximum Gasteiger partial charge on any atom is 0.330 e. The number of carbonyl (C=O) groups is 2. The van der Waals surface area contributed by atoms with Crippen molar-refractivity contribution in [1.82, 2.24) is 5.32 Å². The fourth-order valence-electron chi connectivity index (χ4n) is 6.96. The van der Waals surface area contributed by atoms with E-state index in [0.717, 1.165) is 32.2 Å². The van der Waals surface area contributed by atoms with Crippen molar-refractivity contribution in [3.05, 3.63) is 12.2 Å². The Balaban J connectivity index is 1.51. The van der Waals surface area contributed by atoms with Crippen LogP contribution in [0, 0.1) is 39.9 Å². The molecule has 0 spiro atoms. The molecule has 3 fully saturated rings. The van der Waals surface area contributed by atoms with E-state index < -0.39 is 0 Å². The minimum atomic E-state index is -0.182. The van der Waals surface area contributed by atoms with Crippen molar-refractivity contribution < 1.29 is 14.3 Å². The molecule has 1 heterocycles. The van der Waals surface area contributed by atoms with Crippen LogP contribution >= 0.6 is 0 Å². The Morgan fingerprint density at radius 3 is 2.68 bits per heavy atom. The van der Waals surface area contributed by atoms with Crippen LogP contribution in [0.15, 0.2) is 12.2 Å². The molecule has 0 saturated heterocycles. The number of carbonyl (C=O) groups excluding carboxylic acids is 2. The van der Waals surface area contributed by atoms with Crippen molar-refractivity contribution in [2.75, 3.05) is 6.54 Å². The van der Waals surface area contributed by atoms with Crippen LogP contribution in [0.25, 0.3) is 0 Å². The minimum absolute atomic E-state index is 0.0305. The molecular weight excluding hydrogens is 350 g/mol. The standard InChI is InChI=1S/C24H37NO3/c1-22(2,3)14-25-21(27)15-12-18-16-6-7-19-24(5,11-9-20(26)28-19)17(16)8-10-23(18,4)13-15/h9,11,15-19H,6-8,10,12-14H2,1-5H3,(H,25,27)/t15-,16+,17-,18-,19+,23+,24+/m0/s1. The predicted octanol–water partition coefficient (Wildman–Crippen LogP) is 4.49. The van der Waals surface area contributed by atoms with E-state index in [0.29, 0.717) is 17.8 Å². The summed E-state index contributed by atoms with van der Waals surface area (Å²) in [7, 11) is 0. The number of hydrogen-bond donors (Lipinski definition) is 1. The topological polar surface area (TPSA) is 55.4 Å². The highest BCUT2D eigenvalue weighted by molar-refractivity contribution is 5.83. The summed E-state index contributed by atoms with van der Waals surface area (Å²) in [6, 6.07) is 0. The van der Waals surface area contributed by atoms with Crippen molar-refractivity contribution in [3.63, 3.8) is 0 Å². The molecule has 156 valence electrons. The van der Waals surface area contributed by atoms with E-state index in [9.17, 15) is 9.59 Å². The number of hydrogen-bond acceptors (Lipinski definition) is 3. The Kier molecular flexibility index (Phi) is 4.71. The molecule has 3 saturated carbocycles. The van der Waals surface area contributed by atoms with Crippen LogP contribution in [0.1, 0.15) is 73.1 Å². The molecule has 3 aliphatic carbocycles. The third-order valence-corrected chi connectivity index (χ3v) is 8.46. The van der Waals surface area contributed by atoms with Gasteiger partial charge in [0.1, 0.15) is 6.10 Å². The Labute approximate surface area is 169 Å². The molecule has 0 radical (unpaired) electrons. The van der Waals surface area contributed by atoms with E-state index in [2.05, 4.69) is 46.0 Å². The fourth-order valence-corrected chi connectivity index (χ4v) is 6.96. The molecule has 0 aromatic heterocycles. The van der Waals surface area contributed by atoms with Crippen LogP contribution in [0.4, 0.5) is 0 Å². The molecular formula is C24H37NO3. The summed E-state index contributed by atoms with van der Waals surface area (Å²) < 4.78 is 5.71. The summed E-state index contributed by atoms with van der Waals surface area (Å²) in [4.78, 5) is 24.6. The van der Waals surface area contributed by atoms with Gasteiger partial charge in [-0.2, -0.15) is 0 Å². The van der Waals surface area contributed by atoms with Gasteiger partial charge >= 0.3 is 5.97 Å². The smallest absolute Gasteiger partial charge is 0.330 e. The zero-order chi connectivity index (χ0) is 20.3. The molecule has 1 amide bonds. The van der Waals surface area contributed by atoms with Crippen molar-refractivity contribution in [2.45, 2.75) is 79.2 Å². The Hall–Kier alpha value is -1.32. The highest BCUT2D eigenvalue weighted by Crippen LogP contribution is 2.64. The Morgan fingerprint density at radius 1 is 1.21 bits per heavy atom. The normalized spacial score (nSPS) is 44.9. The first kappa shape index (κ1) is 20.0. The first-order valence-corrected chi connectivity index (χ1v) is 11.2. The fraction of sp³-hybridized carbons (Fsp3) is 0.833. The number of fused-ring (bicyclic) bond motifs is 5. The van der Waals surface area contributed by atoms with Crippen molar-refractivity contribution >= 4 is 11.9 Å². The summed E-state index contributed by atoms with van der Waals surface area (Å²) in [5, 5.41) is 3.21. The van der Waals surface area contributed by atoms with Gasteiger partial charge < -0.3 is 10.1 Å². The highest BCUT2D eigenvalue weighted by atomic mass is 16.5. The summed E-state index contributed by atoms with van der Waals surface area (Å²) in [5.74, 6) is 2.04. The highest BCUT2D eigenvalue weighted by Gasteiger charge is 2.60. The summed E-state index contributed by atoms with van der Waals surface area (Å²) >= 11 is 0. The molecule has 0 aromatic carbocycles. The zero-order valence-electron chi connectivity index (χ0n) is 18.2. The van der Waals surface area contributed by atoms with Gasteiger partial charge in [0.15, 0.2) is 0 Å². The molecule has 4 aliphatic rings. The van der Waals surface area contributed by atoms with E-state index in [-0.39, 0.29) is 40.1 Å². The van der Waals surface area contributed by atoms with Gasteiger partial charge in [0.05, 0.1) is 0 Å². The number of esters is 1. The van der Waals surface area contributed by atoms with Gasteiger partial charge in [-0.15, -0.1) is 0 Å². The minimum Gasteiger partial charge on any atom is -0.458 e. The van der Waals surface area contributed by atoms with Gasteiger partial charge in [-0.05, 0) is 67.1 Å². The molecule has 0 aromatic rings. The number of rotatable bonds is 2.